The molecule has 0 aliphatic rings. The lowest BCUT2D eigenvalue weighted by Crippen LogP contribution is -2.25. The number of azo groups is 1. The Labute approximate surface area is 156 Å². The minimum absolute atomic E-state index is 0.0695. The molecule has 3 rings (SSSR count). The van der Waals surface area contributed by atoms with E-state index < -0.39 is 0 Å². The van der Waals surface area contributed by atoms with E-state index in [2.05, 4.69) is 28.5 Å². The number of fused-ring (bicyclic) bond motifs is 1. The van der Waals surface area contributed by atoms with Gasteiger partial charge in [0, 0.05) is 12.6 Å². The predicted molar refractivity (Wildman–Crippen MR) is 105 cm³/mol. The summed E-state index contributed by atoms with van der Waals surface area (Å²) in [4.78, 5) is 0. The number of anilines is 1. The lowest BCUT2D eigenvalue weighted by Gasteiger charge is -2.07. The number of aliphatic hydroxyl groups is 1. The molecule has 0 saturated carbocycles. The number of thiazole rings is 1. The molecule has 6 nitrogen and oxygen atoms in total. The first-order chi connectivity index (χ1) is 12.7. The highest BCUT2D eigenvalue weighted by Gasteiger charge is 2.17. The van der Waals surface area contributed by atoms with Crippen molar-refractivity contribution < 1.29 is 14.4 Å². The second kappa shape index (κ2) is 8.25. The summed E-state index contributed by atoms with van der Waals surface area (Å²) in [7, 11) is 3.64. The van der Waals surface area contributed by atoms with Gasteiger partial charge >= 0.3 is 5.13 Å². The van der Waals surface area contributed by atoms with Gasteiger partial charge < -0.3 is 15.2 Å². The molecule has 0 radical (unpaired) electrons. The zero-order valence-corrected chi connectivity index (χ0v) is 16.0. The monoisotopic (exact) mass is 371 g/mol. The van der Waals surface area contributed by atoms with Crippen LogP contribution in [0.3, 0.4) is 0 Å². The van der Waals surface area contributed by atoms with Crippen LogP contribution in [0, 0.1) is 0 Å². The van der Waals surface area contributed by atoms with Gasteiger partial charge in [0.2, 0.25) is 0 Å². The van der Waals surface area contributed by atoms with E-state index in [-0.39, 0.29) is 6.61 Å². The molecule has 2 aromatic carbocycles. The number of benzene rings is 2. The van der Waals surface area contributed by atoms with Gasteiger partial charge in [-0.3, -0.25) is 0 Å². The van der Waals surface area contributed by atoms with E-state index in [4.69, 9.17) is 9.84 Å². The highest BCUT2D eigenvalue weighted by Crippen LogP contribution is 2.32. The van der Waals surface area contributed by atoms with Crippen LogP contribution in [0.1, 0.15) is 12.5 Å². The van der Waals surface area contributed by atoms with Crippen molar-refractivity contribution in [2.24, 2.45) is 17.3 Å². The molecule has 3 aromatic rings. The average molecular weight is 371 g/mol. The van der Waals surface area contributed by atoms with Crippen LogP contribution in [0.5, 0.6) is 5.75 Å². The molecule has 1 heterocycles. The molecule has 0 aliphatic heterocycles. The molecule has 0 bridgehead atoms. The number of nitrogens with zero attached hydrogens (tertiary/aromatic N) is 3. The Morgan fingerprint density at radius 3 is 2.77 bits per heavy atom. The van der Waals surface area contributed by atoms with Crippen LogP contribution >= 0.6 is 11.3 Å². The minimum Gasteiger partial charge on any atom is -0.497 e. The Balaban J connectivity index is 1.94. The quantitative estimate of drug-likeness (QED) is 0.485. The average Bonchev–Trinajstić information content (AvgIpc) is 2.99. The molecule has 0 amide bonds. The van der Waals surface area contributed by atoms with Crippen LogP contribution in [0.4, 0.5) is 16.5 Å². The lowest BCUT2D eigenvalue weighted by molar-refractivity contribution is -0.627. The van der Waals surface area contributed by atoms with E-state index in [9.17, 15) is 0 Å². The number of aryl methyl sites for hydroxylation is 2. The molecule has 0 saturated heterocycles. The molecule has 2 N–H and O–H groups in total. The van der Waals surface area contributed by atoms with E-state index in [1.165, 1.54) is 5.56 Å². The third-order valence-electron chi connectivity index (χ3n) is 4.16. The van der Waals surface area contributed by atoms with Gasteiger partial charge in [-0.2, -0.15) is 0 Å². The van der Waals surface area contributed by atoms with Gasteiger partial charge in [0.05, 0.1) is 36.3 Å². The fourth-order valence-corrected chi connectivity index (χ4v) is 3.65. The van der Waals surface area contributed by atoms with Crippen LogP contribution in [-0.2, 0) is 13.5 Å². The maximum atomic E-state index is 9.08. The molecular weight excluding hydrogens is 348 g/mol. The standard InChI is InChI=1S/C19H22N4O2S/c1-4-13-5-7-15(16(11-13)20-9-10-24)21-22-19-23(2)17-8-6-14(25-3)12-18(17)26-19/h5-8,11-12,24H,4,9-10H2,1-3H3/p+1. The van der Waals surface area contributed by atoms with Crippen molar-refractivity contribution in [3.63, 3.8) is 0 Å². The van der Waals surface area contributed by atoms with Crippen molar-refractivity contribution in [3.05, 3.63) is 42.0 Å². The number of rotatable bonds is 7. The Bertz CT molecular complexity index is 937. The molecular formula is C19H23N4O2S+. The molecule has 26 heavy (non-hydrogen) atoms. The summed E-state index contributed by atoms with van der Waals surface area (Å²) in [5.74, 6) is 0.827. The zero-order valence-electron chi connectivity index (χ0n) is 15.2. The summed E-state index contributed by atoms with van der Waals surface area (Å²) in [6, 6.07) is 12.0. The Kier molecular flexibility index (Phi) is 5.80. The third-order valence-corrected chi connectivity index (χ3v) is 5.24. The first kappa shape index (κ1) is 18.3. The predicted octanol–water partition coefficient (Wildman–Crippen LogP) is 4.12. The van der Waals surface area contributed by atoms with Crippen LogP contribution < -0.4 is 14.6 Å². The summed E-state index contributed by atoms with van der Waals surface area (Å²) in [5, 5.41) is 22.0. The summed E-state index contributed by atoms with van der Waals surface area (Å²) in [6.45, 7) is 2.66. The lowest BCUT2D eigenvalue weighted by atomic mass is 10.1. The van der Waals surface area contributed by atoms with Gasteiger partial charge in [-0.05, 0) is 52.7 Å². The Morgan fingerprint density at radius 1 is 1.19 bits per heavy atom. The molecule has 0 atom stereocenters. The van der Waals surface area contributed by atoms with Crippen molar-refractivity contribution >= 4 is 38.1 Å². The number of ether oxygens (including phenoxy) is 1. The van der Waals surface area contributed by atoms with Crippen molar-refractivity contribution in [2.75, 3.05) is 25.6 Å². The number of nitrogens with one attached hydrogen (secondary N) is 1. The Hall–Kier alpha value is -2.51. The second-order valence-electron chi connectivity index (χ2n) is 5.83. The smallest absolute Gasteiger partial charge is 0.409 e. The van der Waals surface area contributed by atoms with Crippen LogP contribution in [0.25, 0.3) is 10.2 Å². The fourth-order valence-electron chi connectivity index (χ4n) is 2.66. The fraction of sp³-hybridized carbons (Fsp3) is 0.316. The summed E-state index contributed by atoms with van der Waals surface area (Å²) < 4.78 is 8.41. The SMILES string of the molecule is CCc1ccc(N=Nc2sc3cc(OC)ccc3[n+]2C)c(NCCO)c1. The largest absolute Gasteiger partial charge is 0.497 e. The van der Waals surface area contributed by atoms with Crippen molar-refractivity contribution in [1.82, 2.24) is 0 Å². The van der Waals surface area contributed by atoms with E-state index in [1.807, 2.05) is 41.9 Å². The molecule has 1 aromatic heterocycles. The Morgan fingerprint density at radius 2 is 2.04 bits per heavy atom. The van der Waals surface area contributed by atoms with Gasteiger partial charge in [0.25, 0.3) is 0 Å². The molecule has 136 valence electrons. The van der Waals surface area contributed by atoms with Crippen LogP contribution in [0.15, 0.2) is 46.6 Å². The molecule has 0 aliphatic carbocycles. The van der Waals surface area contributed by atoms with Crippen molar-refractivity contribution in [1.29, 1.82) is 0 Å². The highest BCUT2D eigenvalue weighted by molar-refractivity contribution is 7.21. The second-order valence-corrected chi connectivity index (χ2v) is 6.84. The minimum atomic E-state index is 0.0695. The van der Waals surface area contributed by atoms with Gasteiger partial charge in [0.15, 0.2) is 0 Å². The number of hydrogen-bond acceptors (Lipinski definition) is 6. The van der Waals surface area contributed by atoms with Crippen molar-refractivity contribution in [2.45, 2.75) is 13.3 Å². The van der Waals surface area contributed by atoms with Gasteiger partial charge in [-0.15, -0.1) is 0 Å². The van der Waals surface area contributed by atoms with E-state index in [1.54, 1.807) is 18.4 Å². The van der Waals surface area contributed by atoms with Crippen LogP contribution in [0.2, 0.25) is 0 Å². The number of aliphatic hydroxyl groups excluding tert-OH is 1. The summed E-state index contributed by atoms with van der Waals surface area (Å²) in [6.07, 6.45) is 0.943. The maximum Gasteiger partial charge on any atom is 0.409 e. The molecule has 0 fully saturated rings. The third kappa shape index (κ3) is 3.84. The first-order valence-corrected chi connectivity index (χ1v) is 9.34. The van der Waals surface area contributed by atoms with Crippen molar-refractivity contribution in [3.8, 4) is 5.75 Å². The van der Waals surface area contributed by atoms with E-state index in [0.29, 0.717) is 6.54 Å². The van der Waals surface area contributed by atoms with Gasteiger partial charge in [-0.1, -0.05) is 13.0 Å². The number of methoxy groups -OCH3 is 1. The summed E-state index contributed by atoms with van der Waals surface area (Å²) in [5.41, 5.74) is 3.94. The maximum absolute atomic E-state index is 9.08. The molecule has 0 unspecified atom stereocenters. The summed E-state index contributed by atoms with van der Waals surface area (Å²) >= 11 is 1.57. The topological polar surface area (TPSA) is 70.1 Å². The number of aromatic nitrogens is 1. The van der Waals surface area contributed by atoms with E-state index >= 15 is 0 Å². The van der Waals surface area contributed by atoms with Crippen LogP contribution in [-0.4, -0.2) is 25.4 Å². The zero-order chi connectivity index (χ0) is 18.5. The molecule has 0 spiro atoms. The van der Waals surface area contributed by atoms with E-state index in [0.717, 1.165) is 38.9 Å². The van der Waals surface area contributed by atoms with Gasteiger partial charge in [0.1, 0.15) is 17.0 Å². The van der Waals surface area contributed by atoms with Gasteiger partial charge in [-0.25, -0.2) is 4.57 Å². The number of hydrogen-bond donors (Lipinski definition) is 2. The first-order valence-electron chi connectivity index (χ1n) is 8.52. The highest BCUT2D eigenvalue weighted by atomic mass is 32.1. The normalized spacial score (nSPS) is 11.4. The molecule has 7 heteroatoms.